The third kappa shape index (κ3) is 5.31. The van der Waals surface area contributed by atoms with Gasteiger partial charge < -0.3 is 19.2 Å². The minimum atomic E-state index is -0.115. The molecule has 0 saturated heterocycles. The van der Waals surface area contributed by atoms with E-state index in [1.165, 1.54) is 5.56 Å². The zero-order chi connectivity index (χ0) is 23.9. The molecule has 4 aromatic rings. The van der Waals surface area contributed by atoms with Crippen LogP contribution in [0, 0.1) is 0 Å². The monoisotopic (exact) mass is 455 g/mol. The highest BCUT2D eigenvalue weighted by Gasteiger charge is 2.15. The van der Waals surface area contributed by atoms with Crippen LogP contribution < -0.4 is 14.8 Å². The first-order valence-electron chi connectivity index (χ1n) is 11.3. The fourth-order valence-electron chi connectivity index (χ4n) is 4.00. The highest BCUT2D eigenvalue weighted by Crippen LogP contribution is 2.37. The quantitative estimate of drug-likeness (QED) is 0.239. The number of hydrogen-bond donors (Lipinski definition) is 1. The molecule has 0 aliphatic heterocycles. The first-order valence-corrected chi connectivity index (χ1v) is 11.3. The molecule has 3 aromatic carbocycles. The molecule has 5 nitrogen and oxygen atoms in total. The molecule has 0 bridgehead atoms. The molecule has 0 unspecified atom stereocenters. The van der Waals surface area contributed by atoms with E-state index in [2.05, 4.69) is 17.4 Å². The molecule has 1 amide bonds. The average molecular weight is 456 g/mol. The van der Waals surface area contributed by atoms with Crippen molar-refractivity contribution in [3.8, 4) is 22.6 Å². The van der Waals surface area contributed by atoms with Crippen LogP contribution in [0.15, 0.2) is 83.5 Å². The van der Waals surface area contributed by atoms with E-state index in [9.17, 15) is 4.79 Å². The van der Waals surface area contributed by atoms with Gasteiger partial charge in [0.15, 0.2) is 0 Å². The number of hydrogen-bond acceptors (Lipinski definition) is 4. The van der Waals surface area contributed by atoms with Gasteiger partial charge in [-0.15, -0.1) is 0 Å². The highest BCUT2D eigenvalue weighted by molar-refractivity contribution is 6.00. The fourth-order valence-corrected chi connectivity index (χ4v) is 4.00. The summed E-state index contributed by atoms with van der Waals surface area (Å²) in [6.07, 6.45) is 5.19. The minimum absolute atomic E-state index is 0.115. The van der Waals surface area contributed by atoms with Gasteiger partial charge in [-0.3, -0.25) is 4.79 Å². The smallest absolute Gasteiger partial charge is 0.244 e. The van der Waals surface area contributed by atoms with Crippen molar-refractivity contribution in [2.45, 2.75) is 19.8 Å². The van der Waals surface area contributed by atoms with Crippen LogP contribution in [0.4, 0.5) is 0 Å². The first-order chi connectivity index (χ1) is 16.6. The summed E-state index contributed by atoms with van der Waals surface area (Å²) in [5, 5.41) is 3.94. The number of furan rings is 1. The van der Waals surface area contributed by atoms with Gasteiger partial charge in [0.2, 0.25) is 5.91 Å². The summed E-state index contributed by atoms with van der Waals surface area (Å²) in [6, 6.07) is 22.0. The van der Waals surface area contributed by atoms with Crippen LogP contribution in [0.25, 0.3) is 27.7 Å². The number of allylic oxidation sites excluding steroid dienone is 1. The SMILES string of the molecule is COc1ccc(-c2coc3cc(OC)c(/C(C)=C/C(=O)NCCCc4ccccc4)cc23)cc1. The molecule has 0 aliphatic carbocycles. The average Bonchev–Trinajstić information content (AvgIpc) is 3.29. The van der Waals surface area contributed by atoms with E-state index >= 15 is 0 Å². The molecule has 5 heteroatoms. The molecule has 4 rings (SSSR count). The van der Waals surface area contributed by atoms with Crippen molar-refractivity contribution < 1.29 is 18.7 Å². The van der Waals surface area contributed by atoms with E-state index in [-0.39, 0.29) is 5.91 Å². The van der Waals surface area contributed by atoms with Gasteiger partial charge in [-0.25, -0.2) is 0 Å². The zero-order valence-corrected chi connectivity index (χ0v) is 19.8. The lowest BCUT2D eigenvalue weighted by atomic mass is 9.99. The Labute approximate surface area is 200 Å². The van der Waals surface area contributed by atoms with Gasteiger partial charge >= 0.3 is 0 Å². The predicted molar refractivity (Wildman–Crippen MR) is 136 cm³/mol. The molecule has 0 atom stereocenters. The normalized spacial score (nSPS) is 11.4. The second kappa shape index (κ2) is 10.8. The van der Waals surface area contributed by atoms with Crippen molar-refractivity contribution in [2.24, 2.45) is 0 Å². The van der Waals surface area contributed by atoms with Gasteiger partial charge in [0, 0.05) is 35.2 Å². The maximum Gasteiger partial charge on any atom is 0.244 e. The lowest BCUT2D eigenvalue weighted by Crippen LogP contribution is -2.22. The number of aryl methyl sites for hydroxylation is 1. The maximum atomic E-state index is 12.5. The molecule has 0 spiro atoms. The number of methoxy groups -OCH3 is 2. The van der Waals surface area contributed by atoms with Gasteiger partial charge in [0.25, 0.3) is 0 Å². The summed E-state index contributed by atoms with van der Waals surface area (Å²) in [4.78, 5) is 12.5. The molecule has 1 heterocycles. The molecule has 1 aromatic heterocycles. The van der Waals surface area contributed by atoms with Gasteiger partial charge in [-0.1, -0.05) is 42.5 Å². The number of benzene rings is 3. The number of carbonyl (C=O) groups excluding carboxylic acids is 1. The number of nitrogens with one attached hydrogen (secondary N) is 1. The number of rotatable bonds is 9. The second-order valence-corrected chi connectivity index (χ2v) is 8.13. The highest BCUT2D eigenvalue weighted by atomic mass is 16.5. The third-order valence-electron chi connectivity index (χ3n) is 5.85. The Morgan fingerprint density at radius 3 is 2.47 bits per heavy atom. The van der Waals surface area contributed by atoms with E-state index in [0.717, 1.165) is 51.8 Å². The van der Waals surface area contributed by atoms with Crippen molar-refractivity contribution in [3.63, 3.8) is 0 Å². The maximum absolute atomic E-state index is 12.5. The molecule has 1 N–H and O–H groups in total. The van der Waals surface area contributed by atoms with E-state index in [1.54, 1.807) is 26.6 Å². The van der Waals surface area contributed by atoms with E-state index in [1.807, 2.05) is 61.5 Å². The van der Waals surface area contributed by atoms with Crippen LogP contribution in [0.5, 0.6) is 11.5 Å². The largest absolute Gasteiger partial charge is 0.497 e. The third-order valence-corrected chi connectivity index (χ3v) is 5.85. The fraction of sp³-hybridized carbons (Fsp3) is 0.207. The van der Waals surface area contributed by atoms with Gasteiger partial charge in [-0.2, -0.15) is 0 Å². The Morgan fingerprint density at radius 1 is 1.00 bits per heavy atom. The summed E-state index contributed by atoms with van der Waals surface area (Å²) < 4.78 is 16.7. The molecule has 0 saturated carbocycles. The van der Waals surface area contributed by atoms with Crippen LogP contribution in [-0.4, -0.2) is 26.7 Å². The summed E-state index contributed by atoms with van der Waals surface area (Å²) in [6.45, 7) is 2.54. The lowest BCUT2D eigenvalue weighted by Gasteiger charge is -2.10. The Hall–Kier alpha value is -3.99. The topological polar surface area (TPSA) is 60.7 Å². The Morgan fingerprint density at radius 2 is 1.76 bits per heavy atom. The summed E-state index contributed by atoms with van der Waals surface area (Å²) in [5.41, 5.74) is 5.67. The lowest BCUT2D eigenvalue weighted by molar-refractivity contribution is -0.116. The van der Waals surface area contributed by atoms with E-state index < -0.39 is 0 Å². The minimum Gasteiger partial charge on any atom is -0.497 e. The summed E-state index contributed by atoms with van der Waals surface area (Å²) in [5.74, 6) is 1.34. The van der Waals surface area contributed by atoms with Crippen molar-refractivity contribution in [2.75, 3.05) is 20.8 Å². The molecule has 0 aliphatic rings. The number of amides is 1. The molecule has 174 valence electrons. The standard InChI is InChI=1S/C29H29NO4/c1-20(16-29(31)30-15-7-10-21-8-5-4-6-9-21)24-17-25-26(19-34-28(25)18-27(24)33-3)22-11-13-23(32-2)14-12-22/h4-6,8-9,11-14,16-19H,7,10,15H2,1-3H3,(H,30,31)/b20-16+. The molecule has 34 heavy (non-hydrogen) atoms. The molecular formula is C29H29NO4. The van der Waals surface area contributed by atoms with Crippen LogP contribution >= 0.6 is 0 Å². The van der Waals surface area contributed by atoms with Crippen LogP contribution in [0.2, 0.25) is 0 Å². The van der Waals surface area contributed by atoms with Gasteiger partial charge in [0.1, 0.15) is 17.1 Å². The van der Waals surface area contributed by atoms with E-state index in [4.69, 9.17) is 13.9 Å². The van der Waals surface area contributed by atoms with Crippen LogP contribution in [0.1, 0.15) is 24.5 Å². The Kier molecular flexibility index (Phi) is 7.33. The van der Waals surface area contributed by atoms with Gasteiger partial charge in [-0.05, 0) is 54.7 Å². The van der Waals surface area contributed by atoms with Gasteiger partial charge in [0.05, 0.1) is 20.5 Å². The van der Waals surface area contributed by atoms with Crippen molar-refractivity contribution in [1.82, 2.24) is 5.32 Å². The summed E-state index contributed by atoms with van der Waals surface area (Å²) >= 11 is 0. The zero-order valence-electron chi connectivity index (χ0n) is 19.8. The molecule has 0 radical (unpaired) electrons. The molecule has 0 fully saturated rings. The number of ether oxygens (including phenoxy) is 2. The molecular weight excluding hydrogens is 426 g/mol. The second-order valence-electron chi connectivity index (χ2n) is 8.13. The van der Waals surface area contributed by atoms with Crippen LogP contribution in [-0.2, 0) is 11.2 Å². The number of carbonyl (C=O) groups is 1. The van der Waals surface area contributed by atoms with Crippen LogP contribution in [0.3, 0.4) is 0 Å². The Bertz CT molecular complexity index is 1290. The Balaban J connectivity index is 1.51. The first kappa shape index (κ1) is 23.2. The van der Waals surface area contributed by atoms with Crippen molar-refractivity contribution in [1.29, 1.82) is 0 Å². The van der Waals surface area contributed by atoms with E-state index in [0.29, 0.717) is 12.3 Å². The van der Waals surface area contributed by atoms with Crippen molar-refractivity contribution in [3.05, 3.63) is 90.2 Å². The van der Waals surface area contributed by atoms with Crippen molar-refractivity contribution >= 4 is 22.4 Å². The predicted octanol–water partition coefficient (Wildman–Crippen LogP) is 6.27. The summed E-state index contributed by atoms with van der Waals surface area (Å²) in [7, 11) is 3.27. The number of fused-ring (bicyclic) bond motifs is 1.